The molecule has 0 saturated heterocycles. The number of hydrogen-bond acceptors (Lipinski definition) is 5. The Morgan fingerprint density at radius 1 is 1.38 bits per heavy atom. The van der Waals surface area contributed by atoms with Gasteiger partial charge in [0.05, 0.1) is 12.3 Å². The zero-order valence-electron chi connectivity index (χ0n) is 12.2. The van der Waals surface area contributed by atoms with E-state index in [4.69, 9.17) is 5.73 Å². The van der Waals surface area contributed by atoms with Crippen molar-refractivity contribution in [2.45, 2.75) is 11.8 Å². The molecule has 0 bridgehead atoms. The van der Waals surface area contributed by atoms with Crippen LogP contribution in [0.1, 0.15) is 6.92 Å². The molecule has 0 atom stereocenters. The van der Waals surface area contributed by atoms with Crippen LogP contribution in [-0.4, -0.2) is 50.9 Å². The molecule has 0 fully saturated rings. The summed E-state index contributed by atoms with van der Waals surface area (Å²) in [6.45, 7) is 2.17. The lowest BCUT2D eigenvalue weighted by molar-refractivity contribution is -0.128. The second kappa shape index (κ2) is 8.26. The van der Waals surface area contributed by atoms with Gasteiger partial charge in [0.2, 0.25) is 15.9 Å². The van der Waals surface area contributed by atoms with E-state index in [2.05, 4.69) is 4.72 Å². The number of nitrogens with zero attached hydrogens (tertiary/aromatic N) is 1. The number of nitrogens with two attached hydrogens (primary N) is 1. The molecule has 21 heavy (non-hydrogen) atoms. The predicted molar refractivity (Wildman–Crippen MR) is 86.7 cm³/mol. The standard InChI is InChI=1S/C13H21N3O3S2/c1-3-16(2)13(17)10-15-21(18,19)9-8-20-12-7-5-4-6-11(12)14/h4-7,15H,3,8-10,14H2,1-2H3. The van der Waals surface area contributed by atoms with Crippen LogP contribution in [0.25, 0.3) is 0 Å². The summed E-state index contributed by atoms with van der Waals surface area (Å²) >= 11 is 1.38. The Hall–Kier alpha value is -1.25. The van der Waals surface area contributed by atoms with Crippen LogP contribution >= 0.6 is 11.8 Å². The van der Waals surface area contributed by atoms with Gasteiger partial charge in [0, 0.05) is 29.9 Å². The van der Waals surface area contributed by atoms with Gasteiger partial charge in [0.25, 0.3) is 0 Å². The van der Waals surface area contributed by atoms with E-state index in [0.29, 0.717) is 18.0 Å². The topological polar surface area (TPSA) is 92.5 Å². The highest BCUT2D eigenvalue weighted by atomic mass is 32.2. The highest BCUT2D eigenvalue weighted by Gasteiger charge is 2.14. The number of hydrogen-bond donors (Lipinski definition) is 2. The molecule has 0 radical (unpaired) electrons. The van der Waals surface area contributed by atoms with Gasteiger partial charge in [-0.15, -0.1) is 11.8 Å². The number of carbonyl (C=O) groups excluding carboxylic acids is 1. The molecule has 118 valence electrons. The Balaban J connectivity index is 2.40. The van der Waals surface area contributed by atoms with Crippen LogP contribution in [0.2, 0.25) is 0 Å². The monoisotopic (exact) mass is 331 g/mol. The van der Waals surface area contributed by atoms with Gasteiger partial charge in [-0.1, -0.05) is 12.1 Å². The Kier molecular flexibility index (Phi) is 7.00. The van der Waals surface area contributed by atoms with Crippen LogP contribution < -0.4 is 10.5 Å². The summed E-state index contributed by atoms with van der Waals surface area (Å²) in [4.78, 5) is 13.9. The van der Waals surface area contributed by atoms with Gasteiger partial charge in [-0.2, -0.15) is 0 Å². The van der Waals surface area contributed by atoms with E-state index in [1.807, 2.05) is 25.1 Å². The molecule has 0 saturated carbocycles. The molecule has 0 aliphatic carbocycles. The van der Waals surface area contributed by atoms with Crippen molar-refractivity contribution in [2.24, 2.45) is 0 Å². The lowest BCUT2D eigenvalue weighted by atomic mass is 10.3. The number of para-hydroxylation sites is 1. The van der Waals surface area contributed by atoms with Gasteiger partial charge in [-0.05, 0) is 19.1 Å². The van der Waals surface area contributed by atoms with E-state index < -0.39 is 10.0 Å². The minimum absolute atomic E-state index is 0.0604. The third-order valence-electron chi connectivity index (χ3n) is 2.87. The Labute approximate surface area is 130 Å². The second-order valence-electron chi connectivity index (χ2n) is 4.43. The fourth-order valence-corrected chi connectivity index (χ4v) is 3.76. The molecule has 0 aromatic heterocycles. The molecule has 0 aliphatic heterocycles. The van der Waals surface area contributed by atoms with Gasteiger partial charge >= 0.3 is 0 Å². The highest BCUT2D eigenvalue weighted by molar-refractivity contribution is 8.00. The zero-order chi connectivity index (χ0) is 15.9. The van der Waals surface area contributed by atoms with Crippen LogP contribution in [0, 0.1) is 0 Å². The molecule has 1 aromatic rings. The van der Waals surface area contributed by atoms with E-state index in [-0.39, 0.29) is 18.2 Å². The fourth-order valence-electron chi connectivity index (χ4n) is 1.43. The number of nitrogen functional groups attached to an aromatic ring is 1. The van der Waals surface area contributed by atoms with E-state index in [1.54, 1.807) is 13.1 Å². The molecular weight excluding hydrogens is 310 g/mol. The number of benzene rings is 1. The van der Waals surface area contributed by atoms with Gasteiger partial charge < -0.3 is 10.6 Å². The number of thioether (sulfide) groups is 1. The molecular formula is C13H21N3O3S2. The first-order chi connectivity index (χ1) is 9.85. The largest absolute Gasteiger partial charge is 0.398 e. The molecule has 8 heteroatoms. The maximum Gasteiger partial charge on any atom is 0.237 e. The van der Waals surface area contributed by atoms with Gasteiger partial charge in [0.1, 0.15) is 0 Å². The highest BCUT2D eigenvalue weighted by Crippen LogP contribution is 2.24. The number of carbonyl (C=O) groups is 1. The van der Waals surface area contributed by atoms with Crippen molar-refractivity contribution in [3.63, 3.8) is 0 Å². The van der Waals surface area contributed by atoms with E-state index in [9.17, 15) is 13.2 Å². The average molecular weight is 331 g/mol. The van der Waals surface area contributed by atoms with Crippen LogP contribution in [0.5, 0.6) is 0 Å². The summed E-state index contributed by atoms with van der Waals surface area (Å²) in [5, 5.41) is 0. The molecule has 0 heterocycles. The molecule has 0 unspecified atom stereocenters. The molecule has 0 aliphatic rings. The Morgan fingerprint density at radius 2 is 2.05 bits per heavy atom. The third kappa shape index (κ3) is 6.36. The third-order valence-corrected chi connectivity index (χ3v) is 5.55. The normalized spacial score (nSPS) is 11.3. The molecule has 1 amide bonds. The molecule has 0 spiro atoms. The van der Waals surface area contributed by atoms with E-state index in [1.165, 1.54) is 16.7 Å². The van der Waals surface area contributed by atoms with Crippen molar-refractivity contribution in [2.75, 3.05) is 37.4 Å². The zero-order valence-corrected chi connectivity index (χ0v) is 13.8. The van der Waals surface area contributed by atoms with Gasteiger partial charge in [0.15, 0.2) is 0 Å². The first-order valence-corrected chi connectivity index (χ1v) is 9.18. The predicted octanol–water partition coefficient (Wildman–Crippen LogP) is 0.759. The number of nitrogens with one attached hydrogen (secondary N) is 1. The minimum atomic E-state index is -3.46. The van der Waals surface area contributed by atoms with Crippen molar-refractivity contribution in [1.82, 2.24) is 9.62 Å². The Morgan fingerprint density at radius 3 is 2.67 bits per heavy atom. The average Bonchev–Trinajstić information content (AvgIpc) is 2.46. The molecule has 1 aromatic carbocycles. The van der Waals surface area contributed by atoms with E-state index >= 15 is 0 Å². The first-order valence-electron chi connectivity index (χ1n) is 6.54. The second-order valence-corrected chi connectivity index (χ2v) is 7.50. The van der Waals surface area contributed by atoms with Crippen molar-refractivity contribution in [1.29, 1.82) is 0 Å². The van der Waals surface area contributed by atoms with Crippen molar-refractivity contribution in [3.8, 4) is 0 Å². The SMILES string of the molecule is CCN(C)C(=O)CNS(=O)(=O)CCSc1ccccc1N. The van der Waals surface area contributed by atoms with Crippen LogP contribution in [0.4, 0.5) is 5.69 Å². The fraction of sp³-hybridized carbons (Fsp3) is 0.462. The summed E-state index contributed by atoms with van der Waals surface area (Å²) in [6.07, 6.45) is 0. The maximum absolute atomic E-state index is 11.8. The van der Waals surface area contributed by atoms with Gasteiger partial charge in [-0.25, -0.2) is 13.1 Å². The van der Waals surface area contributed by atoms with Crippen LogP contribution in [0.15, 0.2) is 29.2 Å². The number of amides is 1. The summed E-state index contributed by atoms with van der Waals surface area (Å²) in [7, 11) is -1.83. The van der Waals surface area contributed by atoms with E-state index in [0.717, 1.165) is 4.90 Å². The minimum Gasteiger partial charge on any atom is -0.398 e. The number of likely N-dealkylation sites (N-methyl/N-ethyl adjacent to an activating group) is 1. The Bertz CT molecular complexity index is 576. The molecule has 1 rings (SSSR count). The summed E-state index contributed by atoms with van der Waals surface area (Å²) < 4.78 is 25.9. The quantitative estimate of drug-likeness (QED) is 0.542. The number of anilines is 1. The molecule has 6 nitrogen and oxygen atoms in total. The van der Waals surface area contributed by atoms with Crippen molar-refractivity contribution >= 4 is 33.4 Å². The number of rotatable bonds is 8. The molecule has 3 N–H and O–H groups in total. The van der Waals surface area contributed by atoms with Crippen molar-refractivity contribution in [3.05, 3.63) is 24.3 Å². The lowest BCUT2D eigenvalue weighted by Crippen LogP contribution is -2.39. The summed E-state index contributed by atoms with van der Waals surface area (Å²) in [5.41, 5.74) is 6.41. The van der Waals surface area contributed by atoms with Crippen LogP contribution in [0.3, 0.4) is 0 Å². The van der Waals surface area contributed by atoms with Crippen molar-refractivity contribution < 1.29 is 13.2 Å². The van der Waals surface area contributed by atoms with Gasteiger partial charge in [-0.3, -0.25) is 4.79 Å². The summed E-state index contributed by atoms with van der Waals surface area (Å²) in [5.74, 6) is 0.0669. The van der Waals surface area contributed by atoms with Crippen LogP contribution in [-0.2, 0) is 14.8 Å². The lowest BCUT2D eigenvalue weighted by Gasteiger charge is -2.14. The smallest absolute Gasteiger partial charge is 0.237 e. The maximum atomic E-state index is 11.8. The first kappa shape index (κ1) is 17.8. The summed E-state index contributed by atoms with van der Waals surface area (Å²) in [6, 6.07) is 7.30. The number of sulfonamides is 1.